The van der Waals surface area contributed by atoms with E-state index in [1.54, 1.807) is 31.3 Å². The zero-order valence-electron chi connectivity index (χ0n) is 16.7. The van der Waals surface area contributed by atoms with E-state index in [-0.39, 0.29) is 16.9 Å². The molecule has 1 heterocycles. The van der Waals surface area contributed by atoms with Gasteiger partial charge in [-0.15, -0.1) is 0 Å². The molecule has 3 rings (SSSR count). The van der Waals surface area contributed by atoms with E-state index in [0.717, 1.165) is 25.7 Å². The fourth-order valence-electron chi connectivity index (χ4n) is 3.95. The molecule has 23 heavy (non-hydrogen) atoms. The summed E-state index contributed by atoms with van der Waals surface area (Å²) in [5.41, 5.74) is -1.10. The van der Waals surface area contributed by atoms with Gasteiger partial charge in [0.2, 0.25) is 0 Å². The number of benzene rings is 1. The van der Waals surface area contributed by atoms with Gasteiger partial charge in [-0.1, -0.05) is 43.2 Å². The van der Waals surface area contributed by atoms with Crippen molar-refractivity contribution in [1.29, 1.82) is 0 Å². The van der Waals surface area contributed by atoms with Gasteiger partial charge in [0.25, 0.3) is 0 Å². The lowest BCUT2D eigenvalue weighted by atomic mass is 9.80. The van der Waals surface area contributed by atoms with Gasteiger partial charge in [0.15, 0.2) is 11.7 Å². The molecule has 1 saturated carbocycles. The van der Waals surface area contributed by atoms with E-state index < -0.39 is 24.7 Å². The number of likely N-dealkylation sites (tertiary alicyclic amines) is 1. The maximum Gasteiger partial charge on any atom is 0.343 e. The van der Waals surface area contributed by atoms with E-state index in [9.17, 15) is 9.90 Å². The van der Waals surface area contributed by atoms with Crippen LogP contribution in [0.4, 0.5) is 0 Å². The van der Waals surface area contributed by atoms with Crippen LogP contribution in [-0.4, -0.2) is 48.8 Å². The van der Waals surface area contributed by atoms with Gasteiger partial charge in [-0.3, -0.25) is 0 Å². The molecule has 1 aromatic carbocycles. The molecule has 0 spiro atoms. The Morgan fingerprint density at radius 1 is 1.30 bits per heavy atom. The first-order chi connectivity index (χ1) is 12.2. The highest BCUT2D eigenvalue weighted by Gasteiger charge is 2.49. The van der Waals surface area contributed by atoms with Crippen LogP contribution in [0.15, 0.2) is 30.3 Å². The first-order valence-electron chi connectivity index (χ1n) is 10.0. The van der Waals surface area contributed by atoms with Gasteiger partial charge in [0.05, 0.1) is 24.7 Å². The number of rotatable bonds is 4. The molecule has 1 aliphatic carbocycles. The zero-order valence-corrected chi connectivity index (χ0v) is 13.7. The van der Waals surface area contributed by atoms with Crippen LogP contribution in [0, 0.1) is 5.92 Å². The third-order valence-electron chi connectivity index (χ3n) is 5.30. The van der Waals surface area contributed by atoms with Gasteiger partial charge >= 0.3 is 5.97 Å². The van der Waals surface area contributed by atoms with Gasteiger partial charge in [-0.2, -0.15) is 0 Å². The van der Waals surface area contributed by atoms with Crippen LogP contribution in [0.5, 0.6) is 0 Å². The van der Waals surface area contributed by atoms with E-state index in [0.29, 0.717) is 18.5 Å². The largest absolute Gasteiger partial charge is 0.454 e. The van der Waals surface area contributed by atoms with Gasteiger partial charge in [0, 0.05) is 12.3 Å². The zero-order chi connectivity index (χ0) is 19.0. The number of hydrogen-bond acceptors (Lipinski definition) is 3. The summed E-state index contributed by atoms with van der Waals surface area (Å²) in [4.78, 5) is 13.0. The molecular formula is C19H28NO3+. The molecule has 1 N–H and O–H groups in total. The molecule has 0 radical (unpaired) electrons. The Bertz CT molecular complexity index is 645. The number of quaternary nitrogens is 1. The molecule has 3 atom stereocenters. The van der Waals surface area contributed by atoms with Gasteiger partial charge in [0.1, 0.15) is 6.54 Å². The van der Waals surface area contributed by atoms with Crippen molar-refractivity contribution in [2.75, 3.05) is 27.1 Å². The fraction of sp³-hybridized carbons (Fsp3) is 0.632. The molecule has 1 saturated heterocycles. The van der Waals surface area contributed by atoms with Gasteiger partial charge in [-0.05, 0) is 18.4 Å². The van der Waals surface area contributed by atoms with Crippen molar-refractivity contribution in [2.45, 2.75) is 43.8 Å². The second kappa shape index (κ2) is 6.25. The highest BCUT2D eigenvalue weighted by molar-refractivity contribution is 5.81. The average Bonchev–Trinajstić information content (AvgIpc) is 3.25. The number of likely N-dealkylation sites (N-methyl/N-ethyl adjacent to an activating group) is 1. The van der Waals surface area contributed by atoms with Crippen molar-refractivity contribution in [3.05, 3.63) is 35.9 Å². The number of aliphatic hydroxyl groups is 1. The van der Waals surface area contributed by atoms with Crippen molar-refractivity contribution in [2.24, 2.45) is 5.92 Å². The van der Waals surface area contributed by atoms with Crippen molar-refractivity contribution in [3.8, 4) is 0 Å². The number of ether oxygens (including phenoxy) is 1. The standard InChI is InChI=1S/C19H28NO3/c1-20(2)13-12-17(14-20)23-18(21)19(22,16-10-6-7-11-16)15-8-4-3-5-9-15/h3-5,8-9,16-17,22H,6-7,10-14H2,1-2H3/q+1/i1D3. The van der Waals surface area contributed by atoms with E-state index in [1.807, 2.05) is 6.07 Å². The topological polar surface area (TPSA) is 46.5 Å². The van der Waals surface area contributed by atoms with Crippen LogP contribution >= 0.6 is 0 Å². The summed E-state index contributed by atoms with van der Waals surface area (Å²) >= 11 is 0. The molecule has 1 aromatic rings. The first-order valence-corrected chi connectivity index (χ1v) is 8.50. The highest BCUT2D eigenvalue weighted by atomic mass is 16.6. The van der Waals surface area contributed by atoms with Crippen LogP contribution in [-0.2, 0) is 15.1 Å². The maximum absolute atomic E-state index is 13.0. The molecule has 4 nitrogen and oxygen atoms in total. The van der Waals surface area contributed by atoms with Crippen molar-refractivity contribution < 1.29 is 23.2 Å². The van der Waals surface area contributed by atoms with E-state index in [2.05, 4.69) is 0 Å². The van der Waals surface area contributed by atoms with Gasteiger partial charge in [-0.25, -0.2) is 4.79 Å². The number of esters is 1. The normalized spacial score (nSPS) is 33.5. The lowest BCUT2D eigenvalue weighted by molar-refractivity contribution is -0.879. The second-order valence-corrected chi connectivity index (χ2v) is 7.23. The van der Waals surface area contributed by atoms with Gasteiger partial charge < -0.3 is 14.3 Å². The molecule has 3 unspecified atom stereocenters. The summed E-state index contributed by atoms with van der Waals surface area (Å²) in [6.45, 7) is -1.46. The van der Waals surface area contributed by atoms with E-state index in [4.69, 9.17) is 8.85 Å². The number of carbonyl (C=O) groups is 1. The fourth-order valence-corrected chi connectivity index (χ4v) is 3.95. The molecule has 2 aliphatic rings. The number of carbonyl (C=O) groups excluding carboxylic acids is 1. The number of nitrogens with zero attached hydrogens (tertiary/aromatic N) is 1. The third-order valence-corrected chi connectivity index (χ3v) is 5.30. The minimum absolute atomic E-state index is 0.113. The Labute approximate surface area is 142 Å². The Kier molecular flexibility index (Phi) is 3.52. The maximum atomic E-state index is 13.0. The van der Waals surface area contributed by atoms with E-state index >= 15 is 0 Å². The van der Waals surface area contributed by atoms with Crippen molar-refractivity contribution >= 4 is 5.97 Å². The summed E-state index contributed by atoms with van der Waals surface area (Å²) in [5, 5.41) is 11.4. The van der Waals surface area contributed by atoms with Crippen LogP contribution < -0.4 is 0 Å². The molecule has 2 fully saturated rings. The summed E-state index contributed by atoms with van der Waals surface area (Å²) in [7, 11) is 1.67. The summed E-state index contributed by atoms with van der Waals surface area (Å²) < 4.78 is 28.7. The summed E-state index contributed by atoms with van der Waals surface area (Å²) in [6, 6.07) is 8.98. The molecule has 4 heteroatoms. The monoisotopic (exact) mass is 321 g/mol. The Morgan fingerprint density at radius 3 is 2.61 bits per heavy atom. The summed E-state index contributed by atoms with van der Waals surface area (Å²) in [6.07, 6.45) is 3.57. The molecule has 0 amide bonds. The lowest BCUT2D eigenvalue weighted by Crippen LogP contribution is -2.46. The summed E-state index contributed by atoms with van der Waals surface area (Å²) in [5.74, 6) is -0.804. The molecular weight excluding hydrogens is 290 g/mol. The Hall–Kier alpha value is -1.39. The Morgan fingerprint density at radius 2 is 2.00 bits per heavy atom. The van der Waals surface area contributed by atoms with Crippen LogP contribution in [0.2, 0.25) is 0 Å². The highest BCUT2D eigenvalue weighted by Crippen LogP contribution is 2.42. The van der Waals surface area contributed by atoms with Crippen molar-refractivity contribution in [1.82, 2.24) is 0 Å². The first kappa shape index (κ1) is 13.0. The smallest absolute Gasteiger partial charge is 0.343 e. The molecule has 126 valence electrons. The predicted molar refractivity (Wildman–Crippen MR) is 88.6 cm³/mol. The van der Waals surface area contributed by atoms with Crippen LogP contribution in [0.1, 0.15) is 41.8 Å². The molecule has 1 aliphatic heterocycles. The van der Waals surface area contributed by atoms with Crippen LogP contribution in [0.3, 0.4) is 0 Å². The quantitative estimate of drug-likeness (QED) is 0.684. The predicted octanol–water partition coefficient (Wildman–Crippen LogP) is 2.46. The molecule has 0 bridgehead atoms. The van der Waals surface area contributed by atoms with E-state index in [1.165, 1.54) is 0 Å². The van der Waals surface area contributed by atoms with Crippen LogP contribution in [0.25, 0.3) is 0 Å². The Balaban J connectivity index is 1.79. The minimum atomic E-state index is -2.14. The number of hydrogen-bond donors (Lipinski definition) is 1. The minimum Gasteiger partial charge on any atom is -0.454 e. The average molecular weight is 321 g/mol. The lowest BCUT2D eigenvalue weighted by Gasteiger charge is -2.33. The van der Waals surface area contributed by atoms with Crippen molar-refractivity contribution in [3.63, 3.8) is 0 Å². The molecule has 0 aromatic heterocycles. The second-order valence-electron chi connectivity index (χ2n) is 7.23. The third kappa shape index (κ3) is 3.29. The SMILES string of the molecule is [2H]C([2H])([2H])[N+]1(C)CCC(OC(=O)C(O)(c2ccccc2)C2CCCC2)C1.